The first kappa shape index (κ1) is 13.9. The molecule has 22 heavy (non-hydrogen) atoms. The molecule has 1 aromatic carbocycles. The molecule has 0 aliphatic heterocycles. The lowest BCUT2D eigenvalue weighted by atomic mass is 10.2. The van der Waals surface area contributed by atoms with Crippen LogP contribution in [0, 0.1) is 5.82 Å². The minimum absolute atomic E-state index is 0.230. The van der Waals surface area contributed by atoms with Crippen molar-refractivity contribution in [3.63, 3.8) is 0 Å². The Kier molecular flexibility index (Phi) is 3.47. The lowest BCUT2D eigenvalue weighted by Gasteiger charge is -2.08. The van der Waals surface area contributed by atoms with E-state index in [1.54, 1.807) is 23.5 Å². The Bertz CT molecular complexity index is 845. The second-order valence-corrected chi connectivity index (χ2v) is 6.78. The molecule has 3 aromatic rings. The van der Waals surface area contributed by atoms with Crippen molar-refractivity contribution in [3.8, 4) is 0 Å². The largest absolute Gasteiger partial charge is 0.365 e. The van der Waals surface area contributed by atoms with Crippen molar-refractivity contribution in [2.24, 2.45) is 0 Å². The highest BCUT2D eigenvalue weighted by Gasteiger charge is 2.22. The highest BCUT2D eigenvalue weighted by Crippen LogP contribution is 2.40. The van der Waals surface area contributed by atoms with Gasteiger partial charge in [-0.15, -0.1) is 11.3 Å². The Balaban J connectivity index is 1.70. The second kappa shape index (κ2) is 5.48. The van der Waals surface area contributed by atoms with Crippen molar-refractivity contribution in [1.82, 2.24) is 9.97 Å². The smallest absolute Gasteiger partial charge is 0.225 e. The first-order valence-corrected chi connectivity index (χ1v) is 8.36. The Morgan fingerprint density at radius 3 is 2.82 bits per heavy atom. The monoisotopic (exact) mass is 333 g/mol. The zero-order valence-electron chi connectivity index (χ0n) is 11.7. The van der Waals surface area contributed by atoms with Crippen LogP contribution in [0.1, 0.15) is 22.4 Å². The van der Waals surface area contributed by atoms with E-state index in [-0.39, 0.29) is 11.1 Å². The van der Waals surface area contributed by atoms with Crippen LogP contribution < -0.4 is 5.32 Å². The van der Waals surface area contributed by atoms with Gasteiger partial charge in [0.05, 0.1) is 5.39 Å². The predicted molar refractivity (Wildman–Crippen MR) is 88.2 cm³/mol. The molecule has 0 bridgehead atoms. The standard InChI is InChI=1S/C16H13ClFN3S/c17-16-20-14(19-8-9-4-6-10(18)7-5-9)13-11-2-1-3-12(11)22-15(13)21-16/h4-7H,1-3,8H2,(H,19,20,21). The fourth-order valence-electron chi connectivity index (χ4n) is 2.89. The highest BCUT2D eigenvalue weighted by molar-refractivity contribution is 7.19. The summed E-state index contributed by atoms with van der Waals surface area (Å²) < 4.78 is 13.0. The molecule has 0 unspecified atom stereocenters. The summed E-state index contributed by atoms with van der Waals surface area (Å²) >= 11 is 7.76. The number of nitrogens with zero attached hydrogens (tertiary/aromatic N) is 2. The summed E-state index contributed by atoms with van der Waals surface area (Å²) in [7, 11) is 0. The van der Waals surface area contributed by atoms with Gasteiger partial charge in [-0.3, -0.25) is 0 Å². The fourth-order valence-corrected chi connectivity index (χ4v) is 4.37. The van der Waals surface area contributed by atoms with Gasteiger partial charge in [0.15, 0.2) is 0 Å². The summed E-state index contributed by atoms with van der Waals surface area (Å²) in [5.41, 5.74) is 2.36. The van der Waals surface area contributed by atoms with Crippen LogP contribution in [0.5, 0.6) is 0 Å². The molecule has 0 spiro atoms. The molecule has 112 valence electrons. The quantitative estimate of drug-likeness (QED) is 0.713. The van der Waals surface area contributed by atoms with E-state index in [1.165, 1.54) is 29.0 Å². The maximum absolute atomic E-state index is 13.0. The van der Waals surface area contributed by atoms with E-state index >= 15 is 0 Å². The summed E-state index contributed by atoms with van der Waals surface area (Å²) in [6.45, 7) is 0.577. The van der Waals surface area contributed by atoms with Gasteiger partial charge in [0, 0.05) is 11.4 Å². The number of hydrogen-bond donors (Lipinski definition) is 1. The molecular weight excluding hydrogens is 321 g/mol. The number of aromatic nitrogens is 2. The predicted octanol–water partition coefficient (Wildman–Crippen LogP) is 4.58. The third kappa shape index (κ3) is 2.44. The van der Waals surface area contributed by atoms with Crippen LogP contribution >= 0.6 is 22.9 Å². The molecule has 4 rings (SSSR count). The molecule has 0 amide bonds. The van der Waals surface area contributed by atoms with Crippen molar-refractivity contribution >= 4 is 39.0 Å². The second-order valence-electron chi connectivity index (χ2n) is 5.36. The summed E-state index contributed by atoms with van der Waals surface area (Å²) in [5, 5.41) is 4.69. The fraction of sp³-hybridized carbons (Fsp3) is 0.250. The molecule has 0 atom stereocenters. The molecule has 0 radical (unpaired) electrons. The molecule has 1 N–H and O–H groups in total. The van der Waals surface area contributed by atoms with Crippen molar-refractivity contribution in [1.29, 1.82) is 0 Å². The summed E-state index contributed by atoms with van der Waals surface area (Å²) in [5.74, 6) is 0.547. The lowest BCUT2D eigenvalue weighted by molar-refractivity contribution is 0.627. The average Bonchev–Trinajstić information content (AvgIpc) is 3.06. The zero-order valence-corrected chi connectivity index (χ0v) is 13.3. The maximum atomic E-state index is 13.0. The molecular formula is C16H13ClFN3S. The Hall–Kier alpha value is -1.72. The third-order valence-electron chi connectivity index (χ3n) is 3.91. The van der Waals surface area contributed by atoms with E-state index < -0.39 is 0 Å². The number of anilines is 1. The van der Waals surface area contributed by atoms with E-state index in [1.807, 2.05) is 0 Å². The Labute approximate surface area is 136 Å². The van der Waals surface area contributed by atoms with Crippen LogP contribution in [-0.4, -0.2) is 9.97 Å². The number of rotatable bonds is 3. The average molecular weight is 334 g/mol. The number of halogens is 2. The van der Waals surface area contributed by atoms with Crippen LogP contribution in [0.15, 0.2) is 24.3 Å². The van der Waals surface area contributed by atoms with Gasteiger partial charge in [0.2, 0.25) is 5.28 Å². The number of thiophene rings is 1. The van der Waals surface area contributed by atoms with Crippen LogP contribution in [0.4, 0.5) is 10.2 Å². The summed E-state index contributed by atoms with van der Waals surface area (Å²) in [4.78, 5) is 11.1. The SMILES string of the molecule is Fc1ccc(CNc2nc(Cl)nc3sc4c(c23)CCC4)cc1. The van der Waals surface area contributed by atoms with E-state index in [9.17, 15) is 4.39 Å². The first-order valence-electron chi connectivity index (χ1n) is 7.17. The van der Waals surface area contributed by atoms with Crippen LogP contribution in [0.3, 0.4) is 0 Å². The van der Waals surface area contributed by atoms with Crippen molar-refractivity contribution < 1.29 is 4.39 Å². The van der Waals surface area contributed by atoms with Crippen molar-refractivity contribution in [3.05, 3.63) is 51.4 Å². The molecule has 0 fully saturated rings. The van der Waals surface area contributed by atoms with Crippen LogP contribution in [0.25, 0.3) is 10.2 Å². The molecule has 3 nitrogen and oxygen atoms in total. The van der Waals surface area contributed by atoms with Gasteiger partial charge >= 0.3 is 0 Å². The molecule has 6 heteroatoms. The first-order chi connectivity index (χ1) is 10.7. The molecule has 1 aliphatic carbocycles. The van der Waals surface area contributed by atoms with Gasteiger partial charge in [0.1, 0.15) is 16.5 Å². The lowest BCUT2D eigenvalue weighted by Crippen LogP contribution is -2.03. The number of benzene rings is 1. The number of nitrogens with one attached hydrogen (secondary N) is 1. The van der Waals surface area contributed by atoms with Gasteiger partial charge in [-0.25, -0.2) is 14.4 Å². The number of hydrogen-bond acceptors (Lipinski definition) is 4. The van der Waals surface area contributed by atoms with Crippen molar-refractivity contribution in [2.75, 3.05) is 5.32 Å². The summed E-state index contributed by atoms with van der Waals surface area (Å²) in [6, 6.07) is 6.45. The zero-order chi connectivity index (χ0) is 15.1. The minimum atomic E-state index is -0.230. The van der Waals surface area contributed by atoms with Crippen LogP contribution in [0.2, 0.25) is 5.28 Å². The molecule has 0 saturated carbocycles. The Morgan fingerprint density at radius 1 is 1.18 bits per heavy atom. The normalized spacial score (nSPS) is 13.5. The molecule has 2 heterocycles. The molecule has 0 saturated heterocycles. The van der Waals surface area contributed by atoms with Crippen molar-refractivity contribution in [2.45, 2.75) is 25.8 Å². The Morgan fingerprint density at radius 2 is 2.00 bits per heavy atom. The van der Waals surface area contributed by atoms with E-state index in [0.717, 1.165) is 34.4 Å². The number of aryl methyl sites for hydroxylation is 2. The maximum Gasteiger partial charge on any atom is 0.225 e. The molecule has 1 aliphatic rings. The van der Waals surface area contributed by atoms with Gasteiger partial charge in [-0.2, -0.15) is 0 Å². The van der Waals surface area contributed by atoms with Gasteiger partial charge in [0.25, 0.3) is 0 Å². The van der Waals surface area contributed by atoms with Crippen LogP contribution in [-0.2, 0) is 19.4 Å². The van der Waals surface area contributed by atoms with E-state index in [2.05, 4.69) is 15.3 Å². The van der Waals surface area contributed by atoms with Gasteiger partial charge in [-0.1, -0.05) is 12.1 Å². The number of fused-ring (bicyclic) bond motifs is 3. The van der Waals surface area contributed by atoms with E-state index in [0.29, 0.717) is 6.54 Å². The third-order valence-corrected chi connectivity index (χ3v) is 5.27. The topological polar surface area (TPSA) is 37.8 Å². The molecule has 2 aromatic heterocycles. The van der Waals surface area contributed by atoms with Gasteiger partial charge < -0.3 is 5.32 Å². The minimum Gasteiger partial charge on any atom is -0.365 e. The highest BCUT2D eigenvalue weighted by atomic mass is 35.5. The van der Waals surface area contributed by atoms with E-state index in [4.69, 9.17) is 11.6 Å². The summed E-state index contributed by atoms with van der Waals surface area (Å²) in [6.07, 6.45) is 3.38. The van der Waals surface area contributed by atoms with Gasteiger partial charge in [-0.05, 0) is 54.1 Å².